The summed E-state index contributed by atoms with van der Waals surface area (Å²) in [5.74, 6) is -3.03. The van der Waals surface area contributed by atoms with Crippen LogP contribution in [0.4, 0.5) is 8.78 Å². The smallest absolute Gasteiger partial charge is 0.369 e. The molecule has 0 saturated heterocycles. The Balaban J connectivity index is 1.03. The van der Waals surface area contributed by atoms with Crippen LogP contribution in [-0.2, 0) is 41.4 Å². The Morgan fingerprint density at radius 2 is 1.08 bits per heavy atom. The van der Waals surface area contributed by atoms with E-state index in [1.165, 1.54) is 0 Å². The van der Waals surface area contributed by atoms with E-state index in [1.54, 1.807) is 42.5 Å². The molecule has 0 bridgehead atoms. The van der Waals surface area contributed by atoms with Crippen LogP contribution in [0, 0.1) is 0 Å². The number of halogens is 2. The van der Waals surface area contributed by atoms with E-state index in [1.807, 2.05) is 42.5 Å². The second kappa shape index (κ2) is 17.8. The summed E-state index contributed by atoms with van der Waals surface area (Å²) in [4.78, 5) is 34.8. The van der Waals surface area contributed by atoms with E-state index < -0.39 is 37.2 Å². The highest BCUT2D eigenvalue weighted by Crippen LogP contribution is 2.47. The summed E-state index contributed by atoms with van der Waals surface area (Å²) >= 11 is 0. The zero-order valence-electron chi connectivity index (χ0n) is 28.4. The molecule has 1 unspecified atom stereocenters. The first kappa shape index (κ1) is 37.3. The van der Waals surface area contributed by atoms with Gasteiger partial charge in [-0.3, -0.25) is 4.79 Å². The van der Waals surface area contributed by atoms with Crippen molar-refractivity contribution in [1.82, 2.24) is 0 Å². The third kappa shape index (κ3) is 10.3. The topological polar surface area (TPSA) is 116 Å². The minimum atomic E-state index is -1.20. The zero-order valence-corrected chi connectivity index (χ0v) is 28.4. The second-order valence-electron chi connectivity index (χ2n) is 11.6. The quantitative estimate of drug-likeness (QED) is 0.0334. The molecular weight excluding hydrogens is 678 g/mol. The van der Waals surface area contributed by atoms with E-state index in [-0.39, 0.29) is 25.1 Å². The molecule has 0 radical (unpaired) electrons. The van der Waals surface area contributed by atoms with E-state index >= 15 is 0 Å². The lowest BCUT2D eigenvalue weighted by Crippen LogP contribution is -2.10. The maximum atomic E-state index is 12.7. The second-order valence-corrected chi connectivity index (χ2v) is 11.6. The van der Waals surface area contributed by atoms with E-state index in [0.29, 0.717) is 42.4 Å². The molecule has 0 aliphatic heterocycles. The lowest BCUT2D eigenvalue weighted by Gasteiger charge is -2.11. The van der Waals surface area contributed by atoms with Gasteiger partial charge in [0.1, 0.15) is 23.0 Å². The predicted molar refractivity (Wildman–Crippen MR) is 185 cm³/mol. The minimum absolute atomic E-state index is 0.0512. The molecule has 1 aliphatic carbocycles. The van der Waals surface area contributed by atoms with Crippen molar-refractivity contribution in [1.29, 1.82) is 0 Å². The maximum absolute atomic E-state index is 12.7. The molecule has 4 aromatic carbocycles. The van der Waals surface area contributed by atoms with Crippen LogP contribution in [0.3, 0.4) is 0 Å². The highest BCUT2D eigenvalue weighted by molar-refractivity contribution is 5.85. The summed E-state index contributed by atoms with van der Waals surface area (Å²) in [5, 5.41) is 0. The lowest BCUT2D eigenvalue weighted by molar-refractivity contribution is -0.148. The van der Waals surface area contributed by atoms with Gasteiger partial charge in [0, 0.05) is 12.3 Å². The van der Waals surface area contributed by atoms with Gasteiger partial charge in [0.15, 0.2) is 6.79 Å². The molecule has 0 N–H and O–H groups in total. The Bertz CT molecular complexity index is 1920. The summed E-state index contributed by atoms with van der Waals surface area (Å²) < 4.78 is 62.1. The molecule has 0 saturated carbocycles. The largest absolute Gasteiger partial charge is 0.468 e. The molecule has 4 aromatic rings. The zero-order chi connectivity index (χ0) is 37.0. The fourth-order valence-electron chi connectivity index (χ4n) is 5.36. The van der Waals surface area contributed by atoms with Crippen LogP contribution in [0.1, 0.15) is 41.5 Å². The fraction of sp³-hybridized carbons (Fsp3) is 0.225. The standard InChI is InChI=1S/C40H36F2O10/c1-25-36-20-32(47-22-46-19-18-29-6-11-31(12-7-29)49-24-51-40(45)27(3)42)13-15-34(36)35-16-14-33(21-37(25)35)52-38(43)17-8-28-4-9-30(10-5-28)48-23-50-39(44)26(2)41/h4-7,9-16,20-21,25H,2-3,8,17-19,22-24H2,1H3. The molecule has 0 fully saturated rings. The van der Waals surface area contributed by atoms with Crippen LogP contribution in [-0.4, -0.2) is 44.9 Å². The van der Waals surface area contributed by atoms with E-state index in [2.05, 4.69) is 29.6 Å². The SMILES string of the molecule is C=C(F)C(=O)OCOc1ccc(CCOCOc2ccc3c(c2)C(C)c2cc(OC(=O)CCc4ccc(OCOC(=O)C(=C)F)cc4)ccc2-3)cc1. The van der Waals surface area contributed by atoms with Crippen LogP contribution in [0.5, 0.6) is 23.0 Å². The van der Waals surface area contributed by atoms with E-state index in [4.69, 9.17) is 23.7 Å². The van der Waals surface area contributed by atoms with Crippen molar-refractivity contribution in [2.45, 2.75) is 32.1 Å². The number of aryl methyl sites for hydroxylation is 1. The van der Waals surface area contributed by atoms with Crippen LogP contribution in [0.15, 0.2) is 110 Å². The van der Waals surface area contributed by atoms with Gasteiger partial charge in [-0.15, -0.1) is 0 Å². The number of ether oxygens (including phenoxy) is 7. The van der Waals surface area contributed by atoms with Crippen molar-refractivity contribution in [3.05, 3.63) is 132 Å². The van der Waals surface area contributed by atoms with Gasteiger partial charge in [-0.1, -0.05) is 56.5 Å². The van der Waals surface area contributed by atoms with Gasteiger partial charge >= 0.3 is 17.9 Å². The van der Waals surface area contributed by atoms with Crippen molar-refractivity contribution in [2.24, 2.45) is 0 Å². The van der Waals surface area contributed by atoms with Crippen molar-refractivity contribution >= 4 is 17.9 Å². The van der Waals surface area contributed by atoms with Gasteiger partial charge in [-0.05, 0) is 94.8 Å². The van der Waals surface area contributed by atoms with Crippen LogP contribution >= 0.6 is 0 Å². The first-order chi connectivity index (χ1) is 25.1. The molecule has 52 heavy (non-hydrogen) atoms. The minimum Gasteiger partial charge on any atom is -0.468 e. The van der Waals surface area contributed by atoms with Gasteiger partial charge in [-0.25, -0.2) is 9.59 Å². The van der Waals surface area contributed by atoms with E-state index in [9.17, 15) is 23.2 Å². The summed E-state index contributed by atoms with van der Waals surface area (Å²) in [5.41, 5.74) is 6.19. The van der Waals surface area contributed by atoms with Crippen molar-refractivity contribution in [3.63, 3.8) is 0 Å². The highest BCUT2D eigenvalue weighted by atomic mass is 19.1. The number of hydrogen-bond donors (Lipinski definition) is 0. The third-order valence-electron chi connectivity index (χ3n) is 8.08. The number of rotatable bonds is 18. The average molecular weight is 715 g/mol. The number of fused-ring (bicyclic) bond motifs is 3. The van der Waals surface area contributed by atoms with Crippen LogP contribution in [0.25, 0.3) is 11.1 Å². The van der Waals surface area contributed by atoms with Crippen molar-refractivity contribution < 1.29 is 56.3 Å². The van der Waals surface area contributed by atoms with Gasteiger partial charge in [-0.2, -0.15) is 8.78 Å². The molecule has 270 valence electrons. The number of hydrogen-bond acceptors (Lipinski definition) is 10. The Morgan fingerprint density at radius 3 is 1.62 bits per heavy atom. The Morgan fingerprint density at radius 1 is 0.615 bits per heavy atom. The number of carbonyl (C=O) groups excluding carboxylic acids is 3. The van der Waals surface area contributed by atoms with Gasteiger partial charge in [0.25, 0.3) is 0 Å². The molecule has 0 aromatic heterocycles. The molecular formula is C40H36F2O10. The summed E-state index contributed by atoms with van der Waals surface area (Å²) in [6.07, 6.45) is 1.24. The number of esters is 3. The van der Waals surface area contributed by atoms with Crippen LogP contribution < -0.4 is 18.9 Å². The fourth-order valence-corrected chi connectivity index (χ4v) is 5.36. The summed E-state index contributed by atoms with van der Waals surface area (Å²) in [6.45, 7) is 7.43. The molecule has 12 heteroatoms. The summed E-state index contributed by atoms with van der Waals surface area (Å²) in [6, 6.07) is 25.5. The van der Waals surface area contributed by atoms with Crippen molar-refractivity contribution in [3.8, 4) is 34.1 Å². The Hall–Kier alpha value is -6.01. The molecule has 1 atom stereocenters. The average Bonchev–Trinajstić information content (AvgIpc) is 3.41. The normalized spacial score (nSPS) is 12.6. The van der Waals surface area contributed by atoms with Crippen molar-refractivity contribution in [2.75, 3.05) is 27.0 Å². The predicted octanol–water partition coefficient (Wildman–Crippen LogP) is 7.68. The number of benzene rings is 4. The summed E-state index contributed by atoms with van der Waals surface area (Å²) in [7, 11) is 0. The molecule has 5 rings (SSSR count). The molecule has 0 amide bonds. The van der Waals surface area contributed by atoms with Gasteiger partial charge in [0.05, 0.1) is 6.61 Å². The van der Waals surface area contributed by atoms with Crippen LogP contribution in [0.2, 0.25) is 0 Å². The highest BCUT2D eigenvalue weighted by Gasteiger charge is 2.27. The van der Waals surface area contributed by atoms with Gasteiger partial charge in [0.2, 0.25) is 25.2 Å². The monoisotopic (exact) mass is 714 g/mol. The number of carbonyl (C=O) groups is 3. The molecule has 10 nitrogen and oxygen atoms in total. The first-order valence-electron chi connectivity index (χ1n) is 16.2. The Labute approximate surface area is 299 Å². The Kier molecular flexibility index (Phi) is 12.7. The third-order valence-corrected chi connectivity index (χ3v) is 8.08. The van der Waals surface area contributed by atoms with E-state index in [0.717, 1.165) is 33.4 Å². The molecule has 0 spiro atoms. The molecule has 1 aliphatic rings. The lowest BCUT2D eigenvalue weighted by atomic mass is 9.99. The van der Waals surface area contributed by atoms with Gasteiger partial charge < -0.3 is 33.2 Å². The molecule has 0 heterocycles. The maximum Gasteiger partial charge on any atom is 0.369 e. The first-order valence-corrected chi connectivity index (χ1v) is 16.2.